The molecule has 0 saturated carbocycles. The molecule has 1 N–H and O–H groups in total. The van der Waals surface area contributed by atoms with Gasteiger partial charge in [0, 0.05) is 0 Å². The molecule has 0 aliphatic rings. The van der Waals surface area contributed by atoms with Gasteiger partial charge in [0.25, 0.3) is 0 Å². The number of aliphatic imine (C=N–C) groups is 1. The molecule has 0 atom stereocenters. The Morgan fingerprint density at radius 3 is 2.16 bits per heavy atom. The van der Waals surface area contributed by atoms with Crippen LogP contribution in [0.15, 0.2) is 17.6 Å². The van der Waals surface area contributed by atoms with E-state index >= 15 is 0 Å². The molecule has 0 spiro atoms. The number of nitrogens with zero attached hydrogens (tertiary/aromatic N) is 2. The van der Waals surface area contributed by atoms with Crippen LogP contribution >= 0.6 is 0 Å². The van der Waals surface area contributed by atoms with Crippen LogP contribution in [0.3, 0.4) is 0 Å². The van der Waals surface area contributed by atoms with Gasteiger partial charge in [-0.15, -0.1) is 0 Å². The normalized spacial score (nSPS) is 12.6. The first-order valence-electron chi connectivity index (χ1n) is 5.84. The zero-order valence-corrected chi connectivity index (χ0v) is 12.8. The maximum absolute atomic E-state index is 10.8. The molecule has 0 aliphatic heterocycles. The van der Waals surface area contributed by atoms with Gasteiger partial charge in [-0.1, -0.05) is 12.7 Å². The van der Waals surface area contributed by atoms with Gasteiger partial charge in [0.2, 0.25) is 0 Å². The van der Waals surface area contributed by atoms with E-state index in [1.807, 2.05) is 0 Å². The molecule has 0 radical (unpaired) electrons. The Morgan fingerprint density at radius 1 is 1.47 bits per heavy atom. The summed E-state index contributed by atoms with van der Waals surface area (Å²) >= 11 is 0. The fourth-order valence-corrected chi connectivity index (χ4v) is 1.01. The van der Waals surface area contributed by atoms with Crippen molar-refractivity contribution in [2.75, 3.05) is 40.3 Å². The van der Waals surface area contributed by atoms with E-state index in [4.69, 9.17) is 4.55 Å². The molecule has 0 fully saturated rings. The molecule has 8 heteroatoms. The van der Waals surface area contributed by atoms with E-state index in [9.17, 15) is 13.5 Å². The van der Waals surface area contributed by atoms with Crippen molar-refractivity contribution >= 4 is 16.3 Å². The van der Waals surface area contributed by atoms with E-state index in [1.165, 1.54) is 6.08 Å². The molecule has 0 unspecified atom stereocenters. The first-order valence-corrected chi connectivity index (χ1v) is 7.21. The SMILES string of the molecule is C=CC([O-])=NCC[N+](C)(CC)CC.COS(=O)(=O)O. The summed E-state index contributed by atoms with van der Waals surface area (Å²) in [6, 6.07) is 0. The van der Waals surface area contributed by atoms with Crippen LogP contribution in [0.2, 0.25) is 0 Å². The zero-order valence-electron chi connectivity index (χ0n) is 12.0. The van der Waals surface area contributed by atoms with Gasteiger partial charge in [-0.25, -0.2) is 0 Å². The fraction of sp³-hybridized carbons (Fsp3) is 0.727. The third-order valence-corrected chi connectivity index (χ3v) is 3.24. The predicted octanol–water partition coefficient (Wildman–Crippen LogP) is -0.147. The van der Waals surface area contributed by atoms with E-state index in [-0.39, 0.29) is 5.90 Å². The average molecular weight is 296 g/mol. The lowest BCUT2D eigenvalue weighted by atomic mass is 10.4. The van der Waals surface area contributed by atoms with Crippen molar-refractivity contribution in [2.24, 2.45) is 4.99 Å². The van der Waals surface area contributed by atoms with Crippen molar-refractivity contribution in [1.82, 2.24) is 0 Å². The summed E-state index contributed by atoms with van der Waals surface area (Å²) < 4.78 is 30.7. The van der Waals surface area contributed by atoms with Crippen molar-refractivity contribution in [3.8, 4) is 0 Å². The van der Waals surface area contributed by atoms with Gasteiger partial charge < -0.3 is 9.59 Å². The first kappa shape index (κ1) is 20.4. The maximum atomic E-state index is 10.8. The lowest BCUT2D eigenvalue weighted by Crippen LogP contribution is -2.45. The third-order valence-electron chi connectivity index (χ3n) is 2.82. The van der Waals surface area contributed by atoms with Crippen LogP contribution in [-0.2, 0) is 14.6 Å². The summed E-state index contributed by atoms with van der Waals surface area (Å²) in [6.07, 6.45) is 1.25. The van der Waals surface area contributed by atoms with Crippen LogP contribution in [0.5, 0.6) is 0 Å². The van der Waals surface area contributed by atoms with Crippen molar-refractivity contribution in [2.45, 2.75) is 13.8 Å². The zero-order chi connectivity index (χ0) is 15.5. The molecule has 0 aliphatic carbocycles. The Labute approximate surface area is 115 Å². The van der Waals surface area contributed by atoms with Crippen molar-refractivity contribution in [3.63, 3.8) is 0 Å². The topological polar surface area (TPSA) is 99.0 Å². The smallest absolute Gasteiger partial charge is 0.397 e. The number of quaternary nitrogens is 1. The summed E-state index contributed by atoms with van der Waals surface area (Å²) in [7, 11) is -1.12. The summed E-state index contributed by atoms with van der Waals surface area (Å²) in [4.78, 5) is 3.85. The van der Waals surface area contributed by atoms with Crippen molar-refractivity contribution < 1.29 is 26.7 Å². The molecule has 0 bridgehead atoms. The highest BCUT2D eigenvalue weighted by atomic mass is 32.3. The van der Waals surface area contributed by atoms with Crippen molar-refractivity contribution in [1.29, 1.82) is 0 Å². The molecule has 0 saturated heterocycles. The first-order chi connectivity index (χ1) is 8.64. The Kier molecular flexibility index (Phi) is 10.6. The van der Waals surface area contributed by atoms with Crippen LogP contribution in [0.4, 0.5) is 0 Å². The van der Waals surface area contributed by atoms with E-state index in [0.29, 0.717) is 6.54 Å². The lowest BCUT2D eigenvalue weighted by Gasteiger charge is -2.31. The van der Waals surface area contributed by atoms with E-state index < -0.39 is 10.4 Å². The minimum Gasteiger partial charge on any atom is -0.859 e. The summed E-state index contributed by atoms with van der Waals surface area (Å²) in [6.45, 7) is 11.3. The minimum absolute atomic E-state index is 0.209. The number of hydrogen-bond acceptors (Lipinski definition) is 5. The predicted molar refractivity (Wildman–Crippen MR) is 73.2 cm³/mol. The number of hydrogen-bond donors (Lipinski definition) is 1. The average Bonchev–Trinajstić information content (AvgIpc) is 2.38. The van der Waals surface area contributed by atoms with Gasteiger partial charge in [0.05, 0.1) is 40.3 Å². The molecule has 0 aromatic carbocycles. The highest BCUT2D eigenvalue weighted by Gasteiger charge is 2.14. The summed E-state index contributed by atoms with van der Waals surface area (Å²) in [5.41, 5.74) is 0. The quantitative estimate of drug-likeness (QED) is 0.305. The van der Waals surface area contributed by atoms with Gasteiger partial charge in [0.15, 0.2) is 0 Å². The number of likely N-dealkylation sites (N-methyl/N-ethyl adjacent to an activating group) is 1. The molecule has 0 aromatic heterocycles. The molecule has 0 amide bonds. The molecule has 7 nitrogen and oxygen atoms in total. The molecule has 0 rings (SSSR count). The van der Waals surface area contributed by atoms with Crippen LogP contribution in [0.25, 0.3) is 0 Å². The second-order valence-electron chi connectivity index (χ2n) is 3.99. The van der Waals surface area contributed by atoms with E-state index in [0.717, 1.165) is 31.2 Å². The second kappa shape index (κ2) is 9.90. The van der Waals surface area contributed by atoms with Gasteiger partial charge in [-0.2, -0.15) is 8.42 Å². The number of rotatable bonds is 7. The lowest BCUT2D eigenvalue weighted by molar-refractivity contribution is -0.904. The van der Waals surface area contributed by atoms with Crippen LogP contribution in [0, 0.1) is 0 Å². The van der Waals surface area contributed by atoms with Crippen LogP contribution in [-0.4, -0.2) is 63.7 Å². The molecule has 114 valence electrons. The molecule has 0 heterocycles. The molecular formula is C11H24N2O5S. The minimum atomic E-state index is -4.16. The monoisotopic (exact) mass is 296 g/mol. The summed E-state index contributed by atoms with van der Waals surface area (Å²) in [5.74, 6) is -0.209. The fourth-order valence-electron chi connectivity index (χ4n) is 1.01. The molecular weight excluding hydrogens is 272 g/mol. The molecule has 0 aromatic rings. The Morgan fingerprint density at radius 2 is 1.89 bits per heavy atom. The Hall–Kier alpha value is -0.960. The van der Waals surface area contributed by atoms with Gasteiger partial charge >= 0.3 is 10.4 Å². The van der Waals surface area contributed by atoms with E-state index in [1.54, 1.807) is 0 Å². The van der Waals surface area contributed by atoms with E-state index in [2.05, 4.69) is 36.6 Å². The standard InChI is InChI=1S/C10H20N2O.CH4O4S/c1-5-10(13)11-8-9-12(4,6-2)7-3;1-5-6(2,3)4/h5H,1,6-9H2,2-4H3;1H3,(H,2,3,4). The van der Waals surface area contributed by atoms with Crippen LogP contribution < -0.4 is 5.11 Å². The summed E-state index contributed by atoms with van der Waals surface area (Å²) in [5, 5.41) is 10.8. The third kappa shape index (κ3) is 13.3. The van der Waals surface area contributed by atoms with Gasteiger partial charge in [0.1, 0.15) is 0 Å². The van der Waals surface area contributed by atoms with Gasteiger partial charge in [-0.3, -0.25) is 13.7 Å². The largest absolute Gasteiger partial charge is 0.859 e. The second-order valence-corrected chi connectivity index (χ2v) is 5.18. The Balaban J connectivity index is 0. The van der Waals surface area contributed by atoms with Gasteiger partial charge in [-0.05, 0) is 19.7 Å². The highest BCUT2D eigenvalue weighted by molar-refractivity contribution is 7.80. The molecule has 19 heavy (non-hydrogen) atoms. The van der Waals surface area contributed by atoms with Crippen molar-refractivity contribution in [3.05, 3.63) is 12.7 Å². The van der Waals surface area contributed by atoms with Crippen LogP contribution in [0.1, 0.15) is 13.8 Å². The Bertz CT molecular complexity index is 375. The highest BCUT2D eigenvalue weighted by Crippen LogP contribution is 1.99. The maximum Gasteiger partial charge on any atom is 0.397 e.